The summed E-state index contributed by atoms with van der Waals surface area (Å²) in [6, 6.07) is -1.13. The third-order valence-electron chi connectivity index (χ3n) is 1.42. The lowest BCUT2D eigenvalue weighted by Crippen LogP contribution is -2.50. The maximum absolute atomic E-state index is 9.95. The summed E-state index contributed by atoms with van der Waals surface area (Å²) in [5, 5.41) is 26.6. The number of carbonyl (C=O) groups excluding carboxylic acids is 1. The Morgan fingerprint density at radius 2 is 1.82 bits per heavy atom. The van der Waals surface area contributed by atoms with E-state index in [0.29, 0.717) is 0 Å². The topological polar surface area (TPSA) is 104 Å². The van der Waals surface area contributed by atoms with E-state index in [0.717, 1.165) is 0 Å². The SMILES string of the molecule is C[C@H](O)[C@H](O)[C@@H](N)[C@@H](O)C=O. The predicted octanol–water partition coefficient (Wildman–Crippen LogP) is -2.38. The minimum atomic E-state index is -1.43. The molecule has 66 valence electrons. The van der Waals surface area contributed by atoms with Crippen LogP contribution in [-0.4, -0.2) is 46.0 Å². The van der Waals surface area contributed by atoms with Crippen molar-refractivity contribution in [2.75, 3.05) is 0 Å². The second kappa shape index (κ2) is 4.40. The van der Waals surface area contributed by atoms with Gasteiger partial charge in [0.05, 0.1) is 18.2 Å². The van der Waals surface area contributed by atoms with Crippen molar-refractivity contribution in [2.45, 2.75) is 31.3 Å². The Hall–Kier alpha value is -0.490. The number of aldehydes is 1. The average molecular weight is 163 g/mol. The summed E-state index contributed by atoms with van der Waals surface area (Å²) in [5.41, 5.74) is 5.18. The Morgan fingerprint density at radius 1 is 1.36 bits per heavy atom. The molecule has 4 atom stereocenters. The van der Waals surface area contributed by atoms with E-state index in [2.05, 4.69) is 0 Å². The molecule has 5 heteroatoms. The Balaban J connectivity index is 4.00. The Kier molecular flexibility index (Phi) is 4.20. The van der Waals surface area contributed by atoms with Crippen LogP contribution < -0.4 is 5.73 Å². The molecule has 0 unspecified atom stereocenters. The molecule has 0 saturated heterocycles. The van der Waals surface area contributed by atoms with E-state index in [1.807, 2.05) is 0 Å². The molecule has 0 aromatic carbocycles. The number of aliphatic hydroxyl groups is 3. The highest BCUT2D eigenvalue weighted by atomic mass is 16.3. The fraction of sp³-hybridized carbons (Fsp3) is 0.833. The summed E-state index contributed by atoms with van der Waals surface area (Å²) < 4.78 is 0. The van der Waals surface area contributed by atoms with Crippen LogP contribution >= 0.6 is 0 Å². The van der Waals surface area contributed by atoms with E-state index in [4.69, 9.17) is 21.1 Å². The van der Waals surface area contributed by atoms with Crippen LogP contribution in [0.2, 0.25) is 0 Å². The highest BCUT2D eigenvalue weighted by molar-refractivity contribution is 5.57. The Labute approximate surface area is 64.4 Å². The molecule has 5 nitrogen and oxygen atoms in total. The molecule has 11 heavy (non-hydrogen) atoms. The van der Waals surface area contributed by atoms with Gasteiger partial charge in [0.25, 0.3) is 0 Å². The van der Waals surface area contributed by atoms with Gasteiger partial charge in [-0.3, -0.25) is 0 Å². The molecule has 5 N–H and O–H groups in total. The van der Waals surface area contributed by atoms with Gasteiger partial charge in [0.15, 0.2) is 0 Å². The lowest BCUT2D eigenvalue weighted by atomic mass is 10.0. The normalized spacial score (nSPS) is 21.9. The first-order valence-electron chi connectivity index (χ1n) is 3.25. The first-order chi connectivity index (χ1) is 5.00. The van der Waals surface area contributed by atoms with Gasteiger partial charge < -0.3 is 25.8 Å². The zero-order chi connectivity index (χ0) is 9.02. The third kappa shape index (κ3) is 2.94. The van der Waals surface area contributed by atoms with Crippen molar-refractivity contribution in [1.82, 2.24) is 0 Å². The van der Waals surface area contributed by atoms with Crippen LogP contribution in [-0.2, 0) is 4.79 Å². The van der Waals surface area contributed by atoms with Crippen LogP contribution in [0.25, 0.3) is 0 Å². The largest absolute Gasteiger partial charge is 0.391 e. The summed E-state index contributed by atoms with van der Waals surface area (Å²) in [6.45, 7) is 1.32. The molecule has 0 spiro atoms. The summed E-state index contributed by atoms with van der Waals surface area (Å²) in [4.78, 5) is 9.95. The van der Waals surface area contributed by atoms with E-state index < -0.39 is 24.4 Å². The molecule has 0 aliphatic heterocycles. The Morgan fingerprint density at radius 3 is 2.09 bits per heavy atom. The zero-order valence-corrected chi connectivity index (χ0v) is 6.21. The fourth-order valence-electron chi connectivity index (χ4n) is 0.614. The first kappa shape index (κ1) is 10.5. The molecular formula is C6H13NO4. The third-order valence-corrected chi connectivity index (χ3v) is 1.42. The van der Waals surface area contributed by atoms with Crippen LogP contribution in [0.4, 0.5) is 0 Å². The smallest absolute Gasteiger partial charge is 0.150 e. The van der Waals surface area contributed by atoms with Gasteiger partial charge in [-0.05, 0) is 6.92 Å². The summed E-state index contributed by atoms with van der Waals surface area (Å²) >= 11 is 0. The lowest BCUT2D eigenvalue weighted by Gasteiger charge is -2.22. The lowest BCUT2D eigenvalue weighted by molar-refractivity contribution is -0.118. The van der Waals surface area contributed by atoms with Crippen molar-refractivity contribution in [3.63, 3.8) is 0 Å². The first-order valence-corrected chi connectivity index (χ1v) is 3.25. The monoisotopic (exact) mass is 163 g/mol. The van der Waals surface area contributed by atoms with Crippen molar-refractivity contribution >= 4 is 6.29 Å². The summed E-state index contributed by atoms with van der Waals surface area (Å²) in [7, 11) is 0. The standard InChI is InChI=1S/C6H13NO4/c1-3(9)6(11)5(7)4(10)2-8/h2-6,9-11H,7H2,1H3/t3-,4-,5-,6-/m0/s1. The molecular weight excluding hydrogens is 150 g/mol. The molecule has 0 radical (unpaired) electrons. The molecule has 0 aromatic heterocycles. The second-order valence-electron chi connectivity index (χ2n) is 2.44. The van der Waals surface area contributed by atoms with Gasteiger partial charge in [0.1, 0.15) is 12.4 Å². The number of carbonyl (C=O) groups is 1. The number of aliphatic hydroxyl groups excluding tert-OH is 3. The van der Waals surface area contributed by atoms with E-state index in [9.17, 15) is 4.79 Å². The molecule has 0 rings (SSSR count). The molecule has 0 saturated carbocycles. The minimum Gasteiger partial charge on any atom is -0.391 e. The molecule has 0 bridgehead atoms. The van der Waals surface area contributed by atoms with Crippen LogP contribution in [0.5, 0.6) is 0 Å². The summed E-state index contributed by atoms with van der Waals surface area (Å²) in [5.74, 6) is 0. The Bertz CT molecular complexity index is 128. The second-order valence-corrected chi connectivity index (χ2v) is 2.44. The van der Waals surface area contributed by atoms with Gasteiger partial charge >= 0.3 is 0 Å². The number of nitrogens with two attached hydrogens (primary N) is 1. The van der Waals surface area contributed by atoms with E-state index in [-0.39, 0.29) is 6.29 Å². The van der Waals surface area contributed by atoms with E-state index in [1.165, 1.54) is 6.92 Å². The molecule has 0 aliphatic rings. The zero-order valence-electron chi connectivity index (χ0n) is 6.21. The molecule has 0 amide bonds. The van der Waals surface area contributed by atoms with Gasteiger partial charge in [0.2, 0.25) is 0 Å². The van der Waals surface area contributed by atoms with Gasteiger partial charge in [-0.2, -0.15) is 0 Å². The fourth-order valence-corrected chi connectivity index (χ4v) is 0.614. The summed E-state index contributed by atoms with van der Waals surface area (Å²) in [6.07, 6.45) is -3.55. The van der Waals surface area contributed by atoms with Crippen molar-refractivity contribution in [3.8, 4) is 0 Å². The van der Waals surface area contributed by atoms with Crippen molar-refractivity contribution in [2.24, 2.45) is 5.73 Å². The number of hydrogen-bond acceptors (Lipinski definition) is 5. The average Bonchev–Trinajstić information content (AvgIpc) is 2.00. The van der Waals surface area contributed by atoms with Crippen molar-refractivity contribution in [3.05, 3.63) is 0 Å². The molecule has 0 aromatic rings. The van der Waals surface area contributed by atoms with Crippen molar-refractivity contribution < 1.29 is 20.1 Å². The molecule has 0 aliphatic carbocycles. The van der Waals surface area contributed by atoms with Crippen LogP contribution in [0.1, 0.15) is 6.92 Å². The quantitative estimate of drug-likeness (QED) is 0.346. The van der Waals surface area contributed by atoms with E-state index in [1.54, 1.807) is 0 Å². The molecule has 0 fully saturated rings. The van der Waals surface area contributed by atoms with Gasteiger partial charge in [0, 0.05) is 0 Å². The number of rotatable bonds is 4. The van der Waals surface area contributed by atoms with Gasteiger partial charge in [-0.1, -0.05) is 0 Å². The van der Waals surface area contributed by atoms with Gasteiger partial charge in [-0.25, -0.2) is 0 Å². The maximum Gasteiger partial charge on any atom is 0.150 e. The van der Waals surface area contributed by atoms with Crippen LogP contribution in [0.3, 0.4) is 0 Å². The maximum atomic E-state index is 9.95. The van der Waals surface area contributed by atoms with Crippen LogP contribution in [0, 0.1) is 0 Å². The highest BCUT2D eigenvalue weighted by Crippen LogP contribution is 2.00. The predicted molar refractivity (Wildman–Crippen MR) is 37.7 cm³/mol. The highest BCUT2D eigenvalue weighted by Gasteiger charge is 2.25. The number of hydrogen-bond donors (Lipinski definition) is 4. The molecule has 0 heterocycles. The van der Waals surface area contributed by atoms with Crippen molar-refractivity contribution in [1.29, 1.82) is 0 Å². The van der Waals surface area contributed by atoms with E-state index >= 15 is 0 Å². The minimum absolute atomic E-state index is 0.219. The van der Waals surface area contributed by atoms with Gasteiger partial charge in [-0.15, -0.1) is 0 Å². The van der Waals surface area contributed by atoms with Crippen LogP contribution in [0.15, 0.2) is 0 Å².